The van der Waals surface area contributed by atoms with Gasteiger partial charge in [-0.3, -0.25) is 9.36 Å². The predicted octanol–water partition coefficient (Wildman–Crippen LogP) is 3.51. The van der Waals surface area contributed by atoms with Gasteiger partial charge in [0, 0.05) is 24.0 Å². The summed E-state index contributed by atoms with van der Waals surface area (Å²) in [7, 11) is 0. The van der Waals surface area contributed by atoms with Crippen molar-refractivity contribution in [3.05, 3.63) is 66.9 Å². The fraction of sp³-hybridized carbons (Fsp3) is 0.190. The molecule has 4 rings (SSSR count). The van der Waals surface area contributed by atoms with Gasteiger partial charge >= 0.3 is 0 Å². The molecule has 1 atom stereocenters. The third-order valence-electron chi connectivity index (χ3n) is 4.52. The zero-order valence-corrected chi connectivity index (χ0v) is 16.1. The number of hydrogen-bond donors (Lipinski definition) is 1. The maximum Gasteiger partial charge on any atom is 0.271 e. The third kappa shape index (κ3) is 3.91. The van der Waals surface area contributed by atoms with Crippen molar-refractivity contribution in [1.82, 2.24) is 30.0 Å². The molecule has 4 aromatic rings. The number of benzene rings is 1. The van der Waals surface area contributed by atoms with Crippen molar-refractivity contribution in [3.63, 3.8) is 0 Å². The summed E-state index contributed by atoms with van der Waals surface area (Å²) in [5.74, 6) is 1.16. The molecular weight excluding hydrogens is 368 g/mol. The number of pyridine rings is 1. The highest BCUT2D eigenvalue weighted by atomic mass is 16.5. The first kappa shape index (κ1) is 18.5. The third-order valence-corrected chi connectivity index (χ3v) is 4.52. The van der Waals surface area contributed by atoms with E-state index in [1.807, 2.05) is 50.2 Å². The number of nitrogens with zero attached hydrogens (tertiary/aromatic N) is 5. The summed E-state index contributed by atoms with van der Waals surface area (Å²) in [6.45, 7) is 3.96. The van der Waals surface area contributed by atoms with Crippen molar-refractivity contribution in [2.24, 2.45) is 0 Å². The van der Waals surface area contributed by atoms with Crippen LogP contribution >= 0.6 is 0 Å². The summed E-state index contributed by atoms with van der Waals surface area (Å²) >= 11 is 0. The molecule has 0 aliphatic heterocycles. The van der Waals surface area contributed by atoms with Gasteiger partial charge in [-0.2, -0.15) is 4.98 Å². The molecular formula is C21H20N6O2. The van der Waals surface area contributed by atoms with E-state index in [4.69, 9.17) is 4.52 Å². The first-order valence-electron chi connectivity index (χ1n) is 9.35. The average Bonchev–Trinajstić information content (AvgIpc) is 3.44. The zero-order chi connectivity index (χ0) is 20.2. The van der Waals surface area contributed by atoms with E-state index in [2.05, 4.69) is 25.4 Å². The lowest BCUT2D eigenvalue weighted by Crippen LogP contribution is -2.32. The summed E-state index contributed by atoms with van der Waals surface area (Å²) in [4.78, 5) is 25.5. The standard InChI is InChI=1S/C21H20N6O2/c1-3-14(2)24-20(28)17-12-27(13-23-17)19-16(10-7-11-22-19)21-25-18(26-29-21)15-8-5-4-6-9-15/h4-14H,3H2,1-2H3,(H,24,28)/t14-/m1/s1. The van der Waals surface area contributed by atoms with Crippen LogP contribution in [-0.4, -0.2) is 36.6 Å². The van der Waals surface area contributed by atoms with Crippen molar-refractivity contribution in [1.29, 1.82) is 0 Å². The molecule has 0 radical (unpaired) electrons. The highest BCUT2D eigenvalue weighted by Crippen LogP contribution is 2.26. The highest BCUT2D eigenvalue weighted by Gasteiger charge is 2.18. The van der Waals surface area contributed by atoms with E-state index in [1.54, 1.807) is 29.4 Å². The van der Waals surface area contributed by atoms with Gasteiger partial charge < -0.3 is 9.84 Å². The fourth-order valence-electron chi connectivity index (χ4n) is 2.76. The van der Waals surface area contributed by atoms with Gasteiger partial charge in [-0.1, -0.05) is 42.4 Å². The number of aromatic nitrogens is 5. The molecule has 0 saturated carbocycles. The van der Waals surface area contributed by atoms with Gasteiger partial charge in [0.25, 0.3) is 11.8 Å². The number of amides is 1. The van der Waals surface area contributed by atoms with Gasteiger partial charge in [0.05, 0.1) is 5.56 Å². The van der Waals surface area contributed by atoms with E-state index in [0.717, 1.165) is 12.0 Å². The minimum absolute atomic E-state index is 0.0767. The van der Waals surface area contributed by atoms with Crippen LogP contribution in [0.2, 0.25) is 0 Å². The molecule has 0 unspecified atom stereocenters. The van der Waals surface area contributed by atoms with Crippen LogP contribution in [0.25, 0.3) is 28.7 Å². The van der Waals surface area contributed by atoms with E-state index >= 15 is 0 Å². The Hall–Kier alpha value is -3.81. The highest BCUT2D eigenvalue weighted by molar-refractivity contribution is 5.92. The molecule has 1 N–H and O–H groups in total. The van der Waals surface area contributed by atoms with Gasteiger partial charge in [0.1, 0.15) is 12.0 Å². The minimum atomic E-state index is -0.222. The molecule has 1 amide bonds. The lowest BCUT2D eigenvalue weighted by Gasteiger charge is -2.09. The van der Waals surface area contributed by atoms with Crippen molar-refractivity contribution in [2.75, 3.05) is 0 Å². The number of rotatable bonds is 6. The molecule has 29 heavy (non-hydrogen) atoms. The maximum atomic E-state index is 12.3. The van der Waals surface area contributed by atoms with Crippen LogP contribution in [0.1, 0.15) is 30.8 Å². The first-order valence-corrected chi connectivity index (χ1v) is 9.35. The van der Waals surface area contributed by atoms with Crippen LogP contribution in [0.4, 0.5) is 0 Å². The second-order valence-corrected chi connectivity index (χ2v) is 6.61. The zero-order valence-electron chi connectivity index (χ0n) is 16.1. The Labute approximate surface area is 167 Å². The van der Waals surface area contributed by atoms with Crippen LogP contribution in [-0.2, 0) is 0 Å². The number of carbonyl (C=O) groups is 1. The molecule has 1 aromatic carbocycles. The van der Waals surface area contributed by atoms with E-state index < -0.39 is 0 Å². The van der Waals surface area contributed by atoms with Crippen LogP contribution in [0.3, 0.4) is 0 Å². The van der Waals surface area contributed by atoms with Crippen molar-refractivity contribution in [2.45, 2.75) is 26.3 Å². The second kappa shape index (κ2) is 8.05. The van der Waals surface area contributed by atoms with Crippen LogP contribution in [0.5, 0.6) is 0 Å². The van der Waals surface area contributed by atoms with Crippen molar-refractivity contribution < 1.29 is 9.32 Å². The monoisotopic (exact) mass is 388 g/mol. The molecule has 0 spiro atoms. The number of imidazole rings is 1. The Morgan fingerprint density at radius 3 is 2.79 bits per heavy atom. The summed E-state index contributed by atoms with van der Waals surface area (Å²) in [5, 5.41) is 6.97. The minimum Gasteiger partial charge on any atom is -0.348 e. The van der Waals surface area contributed by atoms with E-state index in [0.29, 0.717) is 28.8 Å². The summed E-state index contributed by atoms with van der Waals surface area (Å²) in [6, 6.07) is 13.3. The van der Waals surface area contributed by atoms with Gasteiger partial charge in [-0.15, -0.1) is 0 Å². The second-order valence-electron chi connectivity index (χ2n) is 6.61. The molecule has 0 aliphatic rings. The molecule has 146 valence electrons. The normalized spacial score (nSPS) is 11.9. The van der Waals surface area contributed by atoms with E-state index in [9.17, 15) is 4.79 Å². The molecule has 8 nitrogen and oxygen atoms in total. The molecule has 0 fully saturated rings. The maximum absolute atomic E-state index is 12.3. The number of hydrogen-bond acceptors (Lipinski definition) is 6. The van der Waals surface area contributed by atoms with Gasteiger partial charge in [-0.25, -0.2) is 9.97 Å². The lowest BCUT2D eigenvalue weighted by atomic mass is 10.2. The summed E-state index contributed by atoms with van der Waals surface area (Å²) in [5.41, 5.74) is 1.82. The van der Waals surface area contributed by atoms with Gasteiger partial charge in [-0.05, 0) is 25.5 Å². The molecule has 0 bridgehead atoms. The number of carbonyl (C=O) groups excluding carboxylic acids is 1. The van der Waals surface area contributed by atoms with E-state index in [1.165, 1.54) is 0 Å². The quantitative estimate of drug-likeness (QED) is 0.543. The SMILES string of the molecule is CC[C@@H](C)NC(=O)c1cn(-c2ncccc2-c2nc(-c3ccccc3)no2)cn1. The molecule has 8 heteroatoms. The van der Waals surface area contributed by atoms with Crippen LogP contribution in [0, 0.1) is 0 Å². The molecule has 0 aliphatic carbocycles. The predicted molar refractivity (Wildman–Crippen MR) is 107 cm³/mol. The average molecular weight is 388 g/mol. The summed E-state index contributed by atoms with van der Waals surface area (Å²) < 4.78 is 7.15. The smallest absolute Gasteiger partial charge is 0.271 e. The largest absolute Gasteiger partial charge is 0.348 e. The Bertz CT molecular complexity index is 1120. The Balaban J connectivity index is 1.65. The van der Waals surface area contributed by atoms with Gasteiger partial charge in [0.2, 0.25) is 5.82 Å². The van der Waals surface area contributed by atoms with Gasteiger partial charge in [0.15, 0.2) is 5.82 Å². The number of nitrogens with one attached hydrogen (secondary N) is 1. The Morgan fingerprint density at radius 2 is 2.00 bits per heavy atom. The van der Waals surface area contributed by atoms with Crippen LogP contribution < -0.4 is 5.32 Å². The van der Waals surface area contributed by atoms with Crippen LogP contribution in [0.15, 0.2) is 65.7 Å². The molecule has 0 saturated heterocycles. The van der Waals surface area contributed by atoms with Crippen molar-refractivity contribution in [3.8, 4) is 28.7 Å². The molecule has 3 heterocycles. The Kier molecular flexibility index (Phi) is 5.15. The Morgan fingerprint density at radius 1 is 1.17 bits per heavy atom. The molecule has 3 aromatic heterocycles. The first-order chi connectivity index (χ1) is 14.2. The van der Waals surface area contributed by atoms with E-state index in [-0.39, 0.29) is 11.9 Å². The fourth-order valence-corrected chi connectivity index (χ4v) is 2.76. The lowest BCUT2D eigenvalue weighted by molar-refractivity contribution is 0.0934. The topological polar surface area (TPSA) is 98.7 Å². The summed E-state index contributed by atoms with van der Waals surface area (Å²) in [6.07, 6.45) is 5.69. The van der Waals surface area contributed by atoms with Crippen molar-refractivity contribution >= 4 is 5.91 Å².